The second kappa shape index (κ2) is 6.04. The lowest BCUT2D eigenvalue weighted by Gasteiger charge is -2.29. The van der Waals surface area contributed by atoms with Crippen LogP contribution < -0.4 is 4.90 Å². The number of hydrogen-bond acceptors (Lipinski definition) is 4. The van der Waals surface area contributed by atoms with Crippen LogP contribution in [0.15, 0.2) is 0 Å². The minimum absolute atomic E-state index is 0.390. The minimum Gasteiger partial charge on any atom is -0.356 e. The number of fused-ring (bicyclic) bond motifs is 3. The van der Waals surface area contributed by atoms with Crippen molar-refractivity contribution in [1.82, 2.24) is 9.97 Å². The maximum Gasteiger partial charge on any atom is 0.141 e. The van der Waals surface area contributed by atoms with Crippen LogP contribution in [0, 0.1) is 5.92 Å². The third kappa shape index (κ3) is 2.75. The van der Waals surface area contributed by atoms with Crippen LogP contribution in [0.5, 0.6) is 0 Å². The van der Waals surface area contributed by atoms with Gasteiger partial charge < -0.3 is 4.90 Å². The van der Waals surface area contributed by atoms with Crippen molar-refractivity contribution in [2.45, 2.75) is 65.2 Å². The predicted octanol–water partition coefficient (Wildman–Crippen LogP) is 4.93. The van der Waals surface area contributed by atoms with Gasteiger partial charge in [0, 0.05) is 23.9 Å². The lowest BCUT2D eigenvalue weighted by atomic mass is 9.89. The van der Waals surface area contributed by atoms with E-state index in [1.54, 1.807) is 10.4 Å². The molecule has 3 nitrogen and oxygen atoms in total. The summed E-state index contributed by atoms with van der Waals surface area (Å²) in [5.74, 6) is 3.46. The predicted molar refractivity (Wildman–Crippen MR) is 98.8 cm³/mol. The van der Waals surface area contributed by atoms with Gasteiger partial charge in [-0.15, -0.1) is 11.3 Å². The molecule has 1 saturated heterocycles. The first-order valence-electron chi connectivity index (χ1n) is 9.20. The molecule has 1 atom stereocenters. The van der Waals surface area contributed by atoms with Crippen molar-refractivity contribution >= 4 is 27.4 Å². The van der Waals surface area contributed by atoms with E-state index in [4.69, 9.17) is 9.97 Å². The summed E-state index contributed by atoms with van der Waals surface area (Å²) < 4.78 is 0. The highest BCUT2D eigenvalue weighted by Gasteiger charge is 2.26. The van der Waals surface area contributed by atoms with Gasteiger partial charge in [0.1, 0.15) is 16.5 Å². The summed E-state index contributed by atoms with van der Waals surface area (Å²) in [6.45, 7) is 9.10. The minimum atomic E-state index is 0.390. The molecule has 1 aliphatic heterocycles. The molecule has 4 heteroatoms. The molecule has 23 heavy (non-hydrogen) atoms. The Hall–Kier alpha value is -1.16. The van der Waals surface area contributed by atoms with Gasteiger partial charge in [0.05, 0.1) is 5.39 Å². The molecule has 0 N–H and O–H groups in total. The Labute approximate surface area is 143 Å². The molecule has 2 aromatic rings. The fourth-order valence-corrected chi connectivity index (χ4v) is 5.32. The van der Waals surface area contributed by atoms with Gasteiger partial charge in [0.2, 0.25) is 0 Å². The van der Waals surface area contributed by atoms with E-state index in [0.717, 1.165) is 24.8 Å². The fraction of sp³-hybridized carbons (Fsp3) is 0.684. The average molecular weight is 330 g/mol. The molecule has 3 heterocycles. The summed E-state index contributed by atoms with van der Waals surface area (Å²) in [6, 6.07) is 0. The largest absolute Gasteiger partial charge is 0.356 e. The molecule has 0 bridgehead atoms. The normalized spacial score (nSPS) is 21.9. The smallest absolute Gasteiger partial charge is 0.141 e. The van der Waals surface area contributed by atoms with Crippen LogP contribution in [0.2, 0.25) is 0 Å². The molecule has 1 fully saturated rings. The zero-order chi connectivity index (χ0) is 16.0. The molecule has 0 saturated carbocycles. The maximum atomic E-state index is 5.04. The molecular formula is C19H27N3S. The third-order valence-electron chi connectivity index (χ3n) is 5.33. The van der Waals surface area contributed by atoms with E-state index in [0.29, 0.717) is 5.92 Å². The number of rotatable bonds is 2. The maximum absolute atomic E-state index is 5.04. The number of aromatic nitrogens is 2. The molecule has 2 aromatic heterocycles. The van der Waals surface area contributed by atoms with E-state index in [-0.39, 0.29) is 0 Å². The molecule has 2 aliphatic rings. The molecule has 0 radical (unpaired) electrons. The number of hydrogen-bond donors (Lipinski definition) is 0. The highest BCUT2D eigenvalue weighted by Crippen LogP contribution is 2.41. The Morgan fingerprint density at radius 3 is 2.65 bits per heavy atom. The number of nitrogens with zero attached hydrogens (tertiary/aromatic N) is 3. The van der Waals surface area contributed by atoms with Crippen molar-refractivity contribution in [3.8, 4) is 0 Å². The van der Waals surface area contributed by atoms with E-state index < -0.39 is 0 Å². The molecule has 1 aliphatic carbocycles. The van der Waals surface area contributed by atoms with E-state index in [1.165, 1.54) is 54.6 Å². The molecule has 0 unspecified atom stereocenters. The number of piperidine rings is 1. The standard InChI is InChI=1S/C19H27N3S/c1-12(2)17-20-18(22-9-5-4-6-10-22)16-14-8-7-13(3)11-15(14)23-19(16)21-17/h12-13H,4-11H2,1-3H3/t13-/m0/s1. The Bertz CT molecular complexity index is 713. The highest BCUT2D eigenvalue weighted by atomic mass is 32.1. The molecular weight excluding hydrogens is 302 g/mol. The second-order valence-corrected chi connectivity index (χ2v) is 8.72. The lowest BCUT2D eigenvalue weighted by Crippen LogP contribution is -2.31. The Morgan fingerprint density at radius 1 is 1.13 bits per heavy atom. The van der Waals surface area contributed by atoms with Gasteiger partial charge in [-0.25, -0.2) is 9.97 Å². The summed E-state index contributed by atoms with van der Waals surface area (Å²) >= 11 is 1.94. The molecule has 0 spiro atoms. The van der Waals surface area contributed by atoms with Gasteiger partial charge in [0.25, 0.3) is 0 Å². The lowest BCUT2D eigenvalue weighted by molar-refractivity contribution is 0.509. The third-order valence-corrected chi connectivity index (χ3v) is 6.47. The summed E-state index contributed by atoms with van der Waals surface area (Å²) in [6.07, 6.45) is 7.71. The van der Waals surface area contributed by atoms with Crippen LogP contribution in [0.1, 0.15) is 68.6 Å². The van der Waals surface area contributed by atoms with Crippen molar-refractivity contribution in [2.75, 3.05) is 18.0 Å². The van der Waals surface area contributed by atoms with Gasteiger partial charge >= 0.3 is 0 Å². The SMILES string of the molecule is CC(C)c1nc(N2CCCCC2)c2c3c(sc2n1)C[C@@H](C)CC3. The number of thiophene rings is 1. The Balaban J connectivity index is 1.90. The van der Waals surface area contributed by atoms with Crippen LogP contribution in [0.4, 0.5) is 5.82 Å². The topological polar surface area (TPSA) is 29.0 Å². The van der Waals surface area contributed by atoms with Crippen molar-refractivity contribution in [3.05, 3.63) is 16.3 Å². The van der Waals surface area contributed by atoms with Gasteiger partial charge in [-0.05, 0) is 50.0 Å². The first-order valence-corrected chi connectivity index (χ1v) is 10.0. The molecule has 124 valence electrons. The van der Waals surface area contributed by atoms with Crippen LogP contribution in [0.3, 0.4) is 0 Å². The number of anilines is 1. The van der Waals surface area contributed by atoms with Crippen molar-refractivity contribution < 1.29 is 0 Å². The number of aryl methyl sites for hydroxylation is 1. The monoisotopic (exact) mass is 329 g/mol. The van der Waals surface area contributed by atoms with Gasteiger partial charge in [0.15, 0.2) is 0 Å². The average Bonchev–Trinajstić information content (AvgIpc) is 2.91. The van der Waals surface area contributed by atoms with Crippen LogP contribution >= 0.6 is 11.3 Å². The summed E-state index contributed by atoms with van der Waals surface area (Å²) in [5.41, 5.74) is 1.57. The zero-order valence-corrected chi connectivity index (χ0v) is 15.4. The Kier molecular flexibility index (Phi) is 4.04. The summed E-state index contributed by atoms with van der Waals surface area (Å²) in [5, 5.41) is 1.39. The van der Waals surface area contributed by atoms with Gasteiger partial charge in [-0.3, -0.25) is 0 Å². The van der Waals surface area contributed by atoms with Gasteiger partial charge in [-0.1, -0.05) is 20.8 Å². The Morgan fingerprint density at radius 2 is 1.91 bits per heavy atom. The van der Waals surface area contributed by atoms with Gasteiger partial charge in [-0.2, -0.15) is 0 Å². The summed E-state index contributed by atoms with van der Waals surface area (Å²) in [7, 11) is 0. The molecule has 4 rings (SSSR count). The molecule has 0 amide bonds. The van der Waals surface area contributed by atoms with E-state index in [9.17, 15) is 0 Å². The summed E-state index contributed by atoms with van der Waals surface area (Å²) in [4.78, 5) is 15.3. The zero-order valence-electron chi connectivity index (χ0n) is 14.6. The van der Waals surface area contributed by atoms with Crippen molar-refractivity contribution in [1.29, 1.82) is 0 Å². The molecule has 0 aromatic carbocycles. The first-order chi connectivity index (χ1) is 11.1. The quantitative estimate of drug-likeness (QED) is 0.782. The second-order valence-electron chi connectivity index (χ2n) is 7.64. The van der Waals surface area contributed by atoms with Crippen LogP contribution in [0.25, 0.3) is 10.2 Å². The van der Waals surface area contributed by atoms with Crippen LogP contribution in [-0.2, 0) is 12.8 Å². The van der Waals surface area contributed by atoms with E-state index in [1.807, 2.05) is 11.3 Å². The first kappa shape index (κ1) is 15.4. The van der Waals surface area contributed by atoms with Crippen molar-refractivity contribution in [3.63, 3.8) is 0 Å². The highest BCUT2D eigenvalue weighted by molar-refractivity contribution is 7.19. The van der Waals surface area contributed by atoms with E-state index >= 15 is 0 Å². The van der Waals surface area contributed by atoms with Crippen molar-refractivity contribution in [2.24, 2.45) is 5.92 Å². The fourth-order valence-electron chi connectivity index (χ4n) is 3.93. The van der Waals surface area contributed by atoms with E-state index in [2.05, 4.69) is 25.7 Å². The van der Waals surface area contributed by atoms with Crippen LogP contribution in [-0.4, -0.2) is 23.1 Å².